The number of hydrogen-bond acceptors (Lipinski definition) is 4. The van der Waals surface area contributed by atoms with E-state index in [1.54, 1.807) is 25.5 Å². The topological polar surface area (TPSA) is 59.9 Å². The van der Waals surface area contributed by atoms with Crippen LogP contribution in [0.1, 0.15) is 21.5 Å². The standard InChI is InChI=1S/C26H21BrN2O3/c1-31-24-15-19(14-23(27)25(24)32-17-18-8-3-2-4-9-18)16-28-29-26(30)22-13-7-11-20-10-5-6-12-21(20)22/h2-16H,17H2,1H3,(H,29,30)/b28-16-. The summed E-state index contributed by atoms with van der Waals surface area (Å²) in [6.45, 7) is 0.421. The molecule has 0 aliphatic rings. The number of methoxy groups -OCH3 is 1. The van der Waals surface area contributed by atoms with Gasteiger partial charge in [0.25, 0.3) is 5.91 Å². The van der Waals surface area contributed by atoms with E-state index in [4.69, 9.17) is 9.47 Å². The van der Waals surface area contributed by atoms with Gasteiger partial charge in [0.15, 0.2) is 11.5 Å². The molecule has 0 radical (unpaired) electrons. The molecule has 0 unspecified atom stereocenters. The van der Waals surface area contributed by atoms with Crippen molar-refractivity contribution in [3.8, 4) is 11.5 Å². The van der Waals surface area contributed by atoms with Gasteiger partial charge in [0, 0.05) is 5.56 Å². The molecule has 0 atom stereocenters. The molecule has 4 rings (SSSR count). The van der Waals surface area contributed by atoms with Crippen LogP contribution in [0.2, 0.25) is 0 Å². The Balaban J connectivity index is 1.47. The van der Waals surface area contributed by atoms with Gasteiger partial charge in [-0.3, -0.25) is 4.79 Å². The fourth-order valence-corrected chi connectivity index (χ4v) is 3.91. The summed E-state index contributed by atoms with van der Waals surface area (Å²) in [5, 5.41) is 6.01. The third-order valence-electron chi connectivity index (χ3n) is 4.89. The first-order valence-electron chi connectivity index (χ1n) is 10.0. The number of benzene rings is 4. The molecule has 4 aromatic carbocycles. The fourth-order valence-electron chi connectivity index (χ4n) is 3.33. The van der Waals surface area contributed by atoms with Crippen molar-refractivity contribution in [2.24, 2.45) is 5.10 Å². The number of ether oxygens (including phenoxy) is 2. The summed E-state index contributed by atoms with van der Waals surface area (Å²) < 4.78 is 12.2. The van der Waals surface area contributed by atoms with Crippen molar-refractivity contribution in [2.45, 2.75) is 6.61 Å². The normalized spacial score (nSPS) is 10.9. The van der Waals surface area contributed by atoms with E-state index in [-0.39, 0.29) is 5.91 Å². The summed E-state index contributed by atoms with van der Waals surface area (Å²) in [7, 11) is 1.58. The zero-order valence-corrected chi connectivity index (χ0v) is 19.0. The molecule has 1 amide bonds. The molecular formula is C26H21BrN2O3. The predicted molar refractivity (Wildman–Crippen MR) is 130 cm³/mol. The summed E-state index contributed by atoms with van der Waals surface area (Å²) in [5.41, 5.74) is 4.98. The first-order valence-corrected chi connectivity index (χ1v) is 10.8. The molecule has 0 aliphatic heterocycles. The van der Waals surface area contributed by atoms with Gasteiger partial charge in [0.1, 0.15) is 6.61 Å². The summed E-state index contributed by atoms with van der Waals surface area (Å²) in [6, 6.07) is 26.9. The second-order valence-corrected chi connectivity index (χ2v) is 7.89. The number of fused-ring (bicyclic) bond motifs is 1. The van der Waals surface area contributed by atoms with Gasteiger partial charge >= 0.3 is 0 Å². The average Bonchev–Trinajstić information content (AvgIpc) is 2.83. The van der Waals surface area contributed by atoms with Gasteiger partial charge in [-0.25, -0.2) is 5.43 Å². The number of hydrazone groups is 1. The lowest BCUT2D eigenvalue weighted by Gasteiger charge is -2.13. The number of halogens is 1. The van der Waals surface area contributed by atoms with E-state index in [1.165, 1.54) is 0 Å². The lowest BCUT2D eigenvalue weighted by Crippen LogP contribution is -2.17. The monoisotopic (exact) mass is 488 g/mol. The lowest BCUT2D eigenvalue weighted by atomic mass is 10.0. The number of rotatable bonds is 7. The van der Waals surface area contributed by atoms with E-state index < -0.39 is 0 Å². The molecule has 5 nitrogen and oxygen atoms in total. The Morgan fingerprint density at radius 1 is 1.00 bits per heavy atom. The van der Waals surface area contributed by atoms with Crippen molar-refractivity contribution in [3.05, 3.63) is 106 Å². The van der Waals surface area contributed by atoms with E-state index in [2.05, 4.69) is 26.5 Å². The summed E-state index contributed by atoms with van der Waals surface area (Å²) in [5.74, 6) is 0.900. The number of hydrogen-bond donors (Lipinski definition) is 1. The second kappa shape index (κ2) is 10.1. The largest absolute Gasteiger partial charge is 0.493 e. The van der Waals surface area contributed by atoms with Crippen molar-refractivity contribution >= 4 is 38.8 Å². The van der Waals surface area contributed by atoms with Gasteiger partial charge in [-0.05, 0) is 56.0 Å². The smallest absolute Gasteiger partial charge is 0.271 e. The van der Waals surface area contributed by atoms with Crippen LogP contribution in [-0.2, 0) is 6.61 Å². The molecule has 160 valence electrons. The van der Waals surface area contributed by atoms with Gasteiger partial charge in [0.2, 0.25) is 0 Å². The summed E-state index contributed by atoms with van der Waals surface area (Å²) in [6.07, 6.45) is 1.57. The molecule has 32 heavy (non-hydrogen) atoms. The molecular weight excluding hydrogens is 468 g/mol. The van der Waals surface area contributed by atoms with Crippen LogP contribution in [0.4, 0.5) is 0 Å². The van der Waals surface area contributed by atoms with Crippen LogP contribution in [0.25, 0.3) is 10.8 Å². The molecule has 0 fully saturated rings. The van der Waals surface area contributed by atoms with Crippen molar-refractivity contribution in [2.75, 3.05) is 7.11 Å². The predicted octanol–water partition coefficient (Wildman–Crippen LogP) is 5.95. The van der Waals surface area contributed by atoms with Crippen molar-refractivity contribution < 1.29 is 14.3 Å². The van der Waals surface area contributed by atoms with Gasteiger partial charge in [-0.1, -0.05) is 66.7 Å². The van der Waals surface area contributed by atoms with Gasteiger partial charge < -0.3 is 9.47 Å². The van der Waals surface area contributed by atoms with Crippen LogP contribution >= 0.6 is 15.9 Å². The maximum absolute atomic E-state index is 12.6. The molecule has 1 N–H and O–H groups in total. The SMILES string of the molecule is COc1cc(/C=N\NC(=O)c2cccc3ccccc23)cc(Br)c1OCc1ccccc1. The van der Waals surface area contributed by atoms with Crippen LogP contribution < -0.4 is 14.9 Å². The average molecular weight is 489 g/mol. The quantitative estimate of drug-likeness (QED) is 0.258. The molecule has 0 spiro atoms. The summed E-state index contributed by atoms with van der Waals surface area (Å²) in [4.78, 5) is 12.6. The molecule has 4 aromatic rings. The van der Waals surface area contributed by atoms with E-state index in [0.717, 1.165) is 26.4 Å². The zero-order valence-electron chi connectivity index (χ0n) is 17.4. The van der Waals surface area contributed by atoms with Gasteiger partial charge in [-0.2, -0.15) is 5.10 Å². The van der Waals surface area contributed by atoms with E-state index >= 15 is 0 Å². The number of carbonyl (C=O) groups excluding carboxylic acids is 1. The highest BCUT2D eigenvalue weighted by Gasteiger charge is 2.12. The molecule has 0 saturated heterocycles. The van der Waals surface area contributed by atoms with E-state index in [9.17, 15) is 4.79 Å². The Kier molecular flexibility index (Phi) is 6.82. The summed E-state index contributed by atoms with van der Waals surface area (Å²) >= 11 is 3.54. The van der Waals surface area contributed by atoms with E-state index in [0.29, 0.717) is 23.7 Å². The minimum Gasteiger partial charge on any atom is -0.493 e. The minimum atomic E-state index is -0.271. The lowest BCUT2D eigenvalue weighted by molar-refractivity contribution is 0.0957. The molecule has 6 heteroatoms. The Morgan fingerprint density at radius 2 is 1.75 bits per heavy atom. The first kappa shape index (κ1) is 21.6. The van der Waals surface area contributed by atoms with Gasteiger partial charge in [0.05, 0.1) is 17.8 Å². The van der Waals surface area contributed by atoms with Crippen LogP contribution in [0.3, 0.4) is 0 Å². The fraction of sp³-hybridized carbons (Fsp3) is 0.0769. The zero-order chi connectivity index (χ0) is 22.3. The minimum absolute atomic E-state index is 0.271. The van der Waals surface area contributed by atoms with Crippen LogP contribution in [0.15, 0.2) is 94.5 Å². The highest BCUT2D eigenvalue weighted by atomic mass is 79.9. The number of nitrogens with one attached hydrogen (secondary N) is 1. The maximum atomic E-state index is 12.6. The van der Waals surface area contributed by atoms with Gasteiger partial charge in [-0.15, -0.1) is 0 Å². The molecule has 0 heterocycles. The molecule has 0 bridgehead atoms. The number of carbonyl (C=O) groups is 1. The van der Waals surface area contributed by atoms with Crippen LogP contribution in [0, 0.1) is 0 Å². The third kappa shape index (κ3) is 4.98. The maximum Gasteiger partial charge on any atom is 0.271 e. The highest BCUT2D eigenvalue weighted by Crippen LogP contribution is 2.36. The molecule has 0 saturated carbocycles. The van der Waals surface area contributed by atoms with Crippen molar-refractivity contribution in [1.29, 1.82) is 0 Å². The second-order valence-electron chi connectivity index (χ2n) is 7.03. The van der Waals surface area contributed by atoms with E-state index in [1.807, 2.05) is 72.8 Å². The molecule has 0 aromatic heterocycles. The first-order chi connectivity index (χ1) is 15.7. The number of amides is 1. The van der Waals surface area contributed by atoms with Crippen LogP contribution in [-0.4, -0.2) is 19.2 Å². The van der Waals surface area contributed by atoms with Crippen molar-refractivity contribution in [3.63, 3.8) is 0 Å². The Bertz CT molecular complexity index is 1270. The van der Waals surface area contributed by atoms with Crippen molar-refractivity contribution in [1.82, 2.24) is 5.43 Å². The third-order valence-corrected chi connectivity index (χ3v) is 5.48. The highest BCUT2D eigenvalue weighted by molar-refractivity contribution is 9.10. The molecule has 0 aliphatic carbocycles. The Hall–Kier alpha value is -3.64. The number of nitrogens with zero attached hydrogens (tertiary/aromatic N) is 1. The van der Waals surface area contributed by atoms with Crippen LogP contribution in [0.5, 0.6) is 11.5 Å². The Labute approximate surface area is 194 Å². The Morgan fingerprint density at radius 3 is 2.56 bits per heavy atom.